The predicted octanol–water partition coefficient (Wildman–Crippen LogP) is 3.96. The quantitative estimate of drug-likeness (QED) is 0.866. The van der Waals surface area contributed by atoms with E-state index in [4.69, 9.17) is 4.74 Å². The molecule has 1 N–H and O–H groups in total. The van der Waals surface area contributed by atoms with E-state index in [1.165, 1.54) is 30.3 Å². The summed E-state index contributed by atoms with van der Waals surface area (Å²) in [4.78, 5) is 0. The van der Waals surface area contributed by atoms with E-state index in [0.29, 0.717) is 0 Å². The molecule has 0 aromatic heterocycles. The van der Waals surface area contributed by atoms with Crippen molar-refractivity contribution in [1.82, 2.24) is 0 Å². The van der Waals surface area contributed by atoms with Gasteiger partial charge in [-0.15, -0.1) is 0 Å². The van der Waals surface area contributed by atoms with Gasteiger partial charge in [0.2, 0.25) is 0 Å². The van der Waals surface area contributed by atoms with Gasteiger partial charge in [-0.2, -0.15) is 13.2 Å². The fourth-order valence-corrected chi connectivity index (χ4v) is 1.87. The van der Waals surface area contributed by atoms with Crippen LogP contribution in [0.4, 0.5) is 17.6 Å². The van der Waals surface area contributed by atoms with Crippen molar-refractivity contribution in [1.29, 1.82) is 0 Å². The van der Waals surface area contributed by atoms with Crippen LogP contribution < -0.4 is 4.74 Å². The summed E-state index contributed by atoms with van der Waals surface area (Å²) in [5.74, 6) is -0.769. The molecule has 0 aliphatic rings. The highest BCUT2D eigenvalue weighted by Crippen LogP contribution is 2.34. The molecule has 0 aliphatic carbocycles. The summed E-state index contributed by atoms with van der Waals surface area (Å²) in [6.45, 7) is -0.478. The van der Waals surface area contributed by atoms with Gasteiger partial charge in [0, 0.05) is 0 Å². The standard InChI is InChI=1S/C15H12F4O2/c16-12-7-3-4-8-14(12)21-9-13(20)10-5-1-2-6-11(10)15(17,18)19/h1-8,13,20H,9H2. The summed E-state index contributed by atoms with van der Waals surface area (Å²) in [6.07, 6.45) is -6.09. The zero-order chi connectivity index (χ0) is 15.5. The molecular weight excluding hydrogens is 288 g/mol. The third-order valence-corrected chi connectivity index (χ3v) is 2.86. The van der Waals surface area contributed by atoms with E-state index in [2.05, 4.69) is 0 Å². The minimum atomic E-state index is -4.57. The van der Waals surface area contributed by atoms with Crippen LogP contribution in [-0.2, 0) is 6.18 Å². The lowest BCUT2D eigenvalue weighted by atomic mass is 10.0. The lowest BCUT2D eigenvalue weighted by molar-refractivity contribution is -0.139. The smallest absolute Gasteiger partial charge is 0.416 e. The molecule has 0 radical (unpaired) electrons. The average molecular weight is 300 g/mol. The maximum Gasteiger partial charge on any atom is 0.416 e. The number of alkyl halides is 3. The first kappa shape index (κ1) is 15.3. The normalized spacial score (nSPS) is 13.0. The van der Waals surface area contributed by atoms with Gasteiger partial charge < -0.3 is 9.84 Å². The van der Waals surface area contributed by atoms with Crippen LogP contribution >= 0.6 is 0 Å². The van der Waals surface area contributed by atoms with Crippen molar-refractivity contribution in [3.8, 4) is 5.75 Å². The van der Waals surface area contributed by atoms with Gasteiger partial charge >= 0.3 is 6.18 Å². The molecular formula is C15H12F4O2. The lowest BCUT2D eigenvalue weighted by Crippen LogP contribution is -2.16. The second-order valence-corrected chi connectivity index (χ2v) is 4.34. The van der Waals surface area contributed by atoms with Crippen LogP contribution in [0.15, 0.2) is 48.5 Å². The Hall–Kier alpha value is -2.08. The van der Waals surface area contributed by atoms with Gasteiger partial charge in [0.25, 0.3) is 0 Å². The minimum Gasteiger partial charge on any atom is -0.487 e. The molecule has 112 valence electrons. The highest BCUT2D eigenvalue weighted by atomic mass is 19.4. The van der Waals surface area contributed by atoms with Gasteiger partial charge in [0.15, 0.2) is 11.6 Å². The van der Waals surface area contributed by atoms with Gasteiger partial charge in [-0.3, -0.25) is 0 Å². The number of hydrogen-bond acceptors (Lipinski definition) is 2. The summed E-state index contributed by atoms with van der Waals surface area (Å²) in [5, 5.41) is 9.87. The Morgan fingerprint density at radius 1 is 1.00 bits per heavy atom. The van der Waals surface area contributed by atoms with Gasteiger partial charge in [0.05, 0.1) is 5.56 Å². The zero-order valence-corrected chi connectivity index (χ0v) is 10.8. The molecule has 0 heterocycles. The molecule has 2 rings (SSSR count). The Balaban J connectivity index is 2.15. The fourth-order valence-electron chi connectivity index (χ4n) is 1.87. The summed E-state index contributed by atoms with van der Waals surface area (Å²) >= 11 is 0. The van der Waals surface area contributed by atoms with Gasteiger partial charge in [-0.05, 0) is 23.8 Å². The summed E-state index contributed by atoms with van der Waals surface area (Å²) in [6, 6.07) is 10.1. The summed E-state index contributed by atoms with van der Waals surface area (Å²) < 4.78 is 56.8. The highest BCUT2D eigenvalue weighted by Gasteiger charge is 2.34. The molecule has 2 nitrogen and oxygen atoms in total. The zero-order valence-electron chi connectivity index (χ0n) is 10.8. The van der Waals surface area contributed by atoms with Gasteiger partial charge in [-0.1, -0.05) is 30.3 Å². The van der Waals surface area contributed by atoms with E-state index < -0.39 is 30.3 Å². The molecule has 2 aromatic carbocycles. The fraction of sp³-hybridized carbons (Fsp3) is 0.200. The third-order valence-electron chi connectivity index (χ3n) is 2.86. The molecule has 1 atom stereocenters. The monoisotopic (exact) mass is 300 g/mol. The number of para-hydroxylation sites is 1. The van der Waals surface area contributed by atoms with Crippen molar-refractivity contribution in [3.63, 3.8) is 0 Å². The van der Waals surface area contributed by atoms with E-state index in [9.17, 15) is 22.7 Å². The van der Waals surface area contributed by atoms with E-state index in [-0.39, 0.29) is 11.3 Å². The molecule has 0 amide bonds. The van der Waals surface area contributed by atoms with Crippen molar-refractivity contribution < 1.29 is 27.4 Å². The highest BCUT2D eigenvalue weighted by molar-refractivity contribution is 5.32. The van der Waals surface area contributed by atoms with E-state index in [0.717, 1.165) is 18.2 Å². The number of aliphatic hydroxyl groups excluding tert-OH is 1. The summed E-state index contributed by atoms with van der Waals surface area (Å²) in [5.41, 5.74) is -1.24. The van der Waals surface area contributed by atoms with Crippen LogP contribution in [0.25, 0.3) is 0 Å². The predicted molar refractivity (Wildman–Crippen MR) is 68.3 cm³/mol. The van der Waals surface area contributed by atoms with Crippen molar-refractivity contribution in [3.05, 3.63) is 65.5 Å². The van der Waals surface area contributed by atoms with Crippen LogP contribution in [0.2, 0.25) is 0 Å². The van der Waals surface area contributed by atoms with E-state index >= 15 is 0 Å². The molecule has 1 unspecified atom stereocenters. The minimum absolute atomic E-state index is 0.124. The number of halogens is 4. The van der Waals surface area contributed by atoms with Crippen LogP contribution in [0.5, 0.6) is 5.75 Å². The molecule has 0 saturated heterocycles. The molecule has 0 bridgehead atoms. The Morgan fingerprint density at radius 2 is 1.62 bits per heavy atom. The molecule has 6 heteroatoms. The average Bonchev–Trinajstić information content (AvgIpc) is 2.45. The SMILES string of the molecule is OC(COc1ccccc1F)c1ccccc1C(F)(F)F. The van der Waals surface area contributed by atoms with Crippen LogP contribution in [0.3, 0.4) is 0 Å². The molecule has 0 fully saturated rings. The lowest BCUT2D eigenvalue weighted by Gasteiger charge is -2.18. The Bertz CT molecular complexity index is 611. The van der Waals surface area contributed by atoms with Gasteiger partial charge in [-0.25, -0.2) is 4.39 Å². The topological polar surface area (TPSA) is 29.5 Å². The largest absolute Gasteiger partial charge is 0.487 e. The number of rotatable bonds is 4. The van der Waals surface area contributed by atoms with E-state index in [1.807, 2.05) is 0 Å². The second kappa shape index (κ2) is 6.13. The molecule has 21 heavy (non-hydrogen) atoms. The van der Waals surface area contributed by atoms with Crippen molar-refractivity contribution >= 4 is 0 Å². The number of benzene rings is 2. The Labute approximate surface area is 118 Å². The first-order valence-corrected chi connectivity index (χ1v) is 6.11. The number of ether oxygens (including phenoxy) is 1. The molecule has 0 spiro atoms. The molecule has 0 saturated carbocycles. The number of aliphatic hydroxyl groups is 1. The van der Waals surface area contributed by atoms with Crippen LogP contribution in [-0.4, -0.2) is 11.7 Å². The van der Waals surface area contributed by atoms with Crippen molar-refractivity contribution in [2.45, 2.75) is 12.3 Å². The maximum atomic E-state index is 13.3. The van der Waals surface area contributed by atoms with Crippen LogP contribution in [0, 0.1) is 5.82 Å². The van der Waals surface area contributed by atoms with Crippen molar-refractivity contribution in [2.24, 2.45) is 0 Å². The summed E-state index contributed by atoms with van der Waals surface area (Å²) in [7, 11) is 0. The van der Waals surface area contributed by atoms with Crippen molar-refractivity contribution in [2.75, 3.05) is 6.61 Å². The number of hydrogen-bond donors (Lipinski definition) is 1. The first-order valence-electron chi connectivity index (χ1n) is 6.11. The Kier molecular flexibility index (Phi) is 4.47. The molecule has 0 aliphatic heterocycles. The van der Waals surface area contributed by atoms with Gasteiger partial charge in [0.1, 0.15) is 12.7 Å². The Morgan fingerprint density at radius 3 is 2.29 bits per heavy atom. The maximum absolute atomic E-state index is 13.3. The molecule has 2 aromatic rings. The third kappa shape index (κ3) is 3.72. The second-order valence-electron chi connectivity index (χ2n) is 4.34. The van der Waals surface area contributed by atoms with Crippen LogP contribution in [0.1, 0.15) is 17.2 Å². The van der Waals surface area contributed by atoms with E-state index in [1.54, 1.807) is 0 Å². The first-order chi connectivity index (χ1) is 9.89.